The summed E-state index contributed by atoms with van der Waals surface area (Å²) in [6, 6.07) is 0. The van der Waals surface area contributed by atoms with E-state index in [0.717, 1.165) is 6.08 Å². The van der Waals surface area contributed by atoms with Gasteiger partial charge in [-0.2, -0.15) is 0 Å². The average molecular weight is 112 g/mol. The minimum absolute atomic E-state index is 0.325. The Balaban J connectivity index is 2.59. The fourth-order valence-corrected chi connectivity index (χ4v) is 0.748. The number of hydrogen-bond acceptors (Lipinski definition) is 1. The van der Waals surface area contributed by atoms with E-state index in [1.54, 1.807) is 0 Å². The minimum atomic E-state index is -0.662. The molecule has 0 heterocycles. The third kappa shape index (κ3) is 0.918. The van der Waals surface area contributed by atoms with Gasteiger partial charge in [-0.3, -0.25) is 0 Å². The second-order valence-corrected chi connectivity index (χ2v) is 1.96. The molecule has 1 aliphatic rings. The van der Waals surface area contributed by atoms with E-state index >= 15 is 0 Å². The SMILES string of the molecule is [B]C1CC(O)C=C1F. The Hall–Kier alpha value is -0.305. The zero-order valence-electron chi connectivity index (χ0n) is 4.34. The first kappa shape index (κ1) is 5.82. The number of halogens is 1. The van der Waals surface area contributed by atoms with E-state index < -0.39 is 17.7 Å². The summed E-state index contributed by atoms with van der Waals surface area (Å²) in [4.78, 5) is 0. The van der Waals surface area contributed by atoms with E-state index in [9.17, 15) is 4.39 Å². The van der Waals surface area contributed by atoms with Crippen LogP contribution in [0.3, 0.4) is 0 Å². The lowest BCUT2D eigenvalue weighted by Crippen LogP contribution is -1.97. The Morgan fingerprint density at radius 1 is 1.88 bits per heavy atom. The van der Waals surface area contributed by atoms with Crippen LogP contribution in [0.1, 0.15) is 6.42 Å². The molecule has 0 fully saturated rings. The molecular formula is C5H6BFO. The van der Waals surface area contributed by atoms with Crippen molar-refractivity contribution in [1.82, 2.24) is 0 Å². The molecule has 0 aliphatic heterocycles. The van der Waals surface area contributed by atoms with E-state index in [0.29, 0.717) is 6.42 Å². The molecule has 0 amide bonds. The van der Waals surface area contributed by atoms with Crippen LogP contribution in [0.25, 0.3) is 0 Å². The third-order valence-corrected chi connectivity index (χ3v) is 1.20. The van der Waals surface area contributed by atoms with Gasteiger partial charge in [0.05, 0.1) is 19.8 Å². The van der Waals surface area contributed by atoms with Crippen LogP contribution in [0.4, 0.5) is 4.39 Å². The Bertz CT molecular complexity index is 124. The molecule has 0 saturated heterocycles. The Kier molecular flexibility index (Phi) is 1.38. The summed E-state index contributed by atoms with van der Waals surface area (Å²) in [5.41, 5.74) is 0. The minimum Gasteiger partial charge on any atom is -0.389 e. The fraction of sp³-hybridized carbons (Fsp3) is 0.600. The van der Waals surface area contributed by atoms with Gasteiger partial charge in [0.25, 0.3) is 0 Å². The van der Waals surface area contributed by atoms with E-state index in [4.69, 9.17) is 13.0 Å². The van der Waals surface area contributed by atoms with Gasteiger partial charge in [0.2, 0.25) is 0 Å². The Morgan fingerprint density at radius 2 is 2.50 bits per heavy atom. The largest absolute Gasteiger partial charge is 0.389 e. The van der Waals surface area contributed by atoms with Gasteiger partial charge in [0, 0.05) is 0 Å². The van der Waals surface area contributed by atoms with E-state index in [-0.39, 0.29) is 0 Å². The van der Waals surface area contributed by atoms with Crippen molar-refractivity contribution < 1.29 is 9.50 Å². The summed E-state index contributed by atoms with van der Waals surface area (Å²) in [6.45, 7) is 0. The summed E-state index contributed by atoms with van der Waals surface area (Å²) in [7, 11) is 5.17. The summed E-state index contributed by atoms with van der Waals surface area (Å²) in [5.74, 6) is -0.956. The van der Waals surface area contributed by atoms with Gasteiger partial charge in [0.1, 0.15) is 0 Å². The molecule has 1 N–H and O–H groups in total. The lowest BCUT2D eigenvalue weighted by molar-refractivity contribution is 0.223. The smallest absolute Gasteiger partial charge is 0.0931 e. The van der Waals surface area contributed by atoms with Gasteiger partial charge in [-0.1, -0.05) is 0 Å². The van der Waals surface area contributed by atoms with Crippen LogP contribution in [0, 0.1) is 0 Å². The number of rotatable bonds is 0. The Labute approximate surface area is 48.6 Å². The van der Waals surface area contributed by atoms with Gasteiger partial charge >= 0.3 is 0 Å². The topological polar surface area (TPSA) is 20.2 Å². The van der Waals surface area contributed by atoms with Crippen LogP contribution in [-0.4, -0.2) is 19.1 Å². The van der Waals surface area contributed by atoms with Crippen molar-refractivity contribution in [1.29, 1.82) is 0 Å². The second-order valence-electron chi connectivity index (χ2n) is 1.96. The highest BCUT2D eigenvalue weighted by Crippen LogP contribution is 2.28. The van der Waals surface area contributed by atoms with Crippen LogP contribution in [0.2, 0.25) is 5.82 Å². The summed E-state index contributed by atoms with van der Waals surface area (Å²) in [5, 5.41) is 8.67. The molecule has 0 aromatic rings. The highest BCUT2D eigenvalue weighted by atomic mass is 19.1. The Morgan fingerprint density at radius 3 is 2.62 bits per heavy atom. The lowest BCUT2D eigenvalue weighted by atomic mass is 9.86. The third-order valence-electron chi connectivity index (χ3n) is 1.20. The lowest BCUT2D eigenvalue weighted by Gasteiger charge is -1.98. The van der Waals surface area contributed by atoms with Gasteiger partial charge in [-0.25, -0.2) is 4.39 Å². The molecular weight excluding hydrogens is 106 g/mol. The molecule has 1 aliphatic carbocycles. The van der Waals surface area contributed by atoms with Crippen molar-refractivity contribution in [3.63, 3.8) is 0 Å². The van der Waals surface area contributed by atoms with Crippen molar-refractivity contribution in [3.8, 4) is 0 Å². The number of hydrogen-bond donors (Lipinski definition) is 1. The molecule has 2 unspecified atom stereocenters. The zero-order valence-corrected chi connectivity index (χ0v) is 4.34. The fourth-order valence-electron chi connectivity index (χ4n) is 0.748. The molecule has 0 aromatic carbocycles. The first-order valence-electron chi connectivity index (χ1n) is 2.51. The molecule has 2 radical (unpaired) electrons. The van der Waals surface area contributed by atoms with Gasteiger partial charge in [0.15, 0.2) is 0 Å². The van der Waals surface area contributed by atoms with Crippen molar-refractivity contribution in [2.45, 2.75) is 18.3 Å². The molecule has 1 nitrogen and oxygen atoms in total. The number of aliphatic hydroxyl groups is 1. The first-order valence-corrected chi connectivity index (χ1v) is 2.51. The summed E-state index contributed by atoms with van der Waals surface area (Å²) < 4.78 is 12.1. The van der Waals surface area contributed by atoms with Crippen LogP contribution in [0.5, 0.6) is 0 Å². The molecule has 0 bridgehead atoms. The van der Waals surface area contributed by atoms with Crippen molar-refractivity contribution in [3.05, 3.63) is 11.9 Å². The normalized spacial score (nSPS) is 37.5. The van der Waals surface area contributed by atoms with Crippen LogP contribution in [0.15, 0.2) is 11.9 Å². The zero-order chi connectivity index (χ0) is 6.15. The molecule has 1 rings (SSSR count). The molecule has 0 aromatic heterocycles. The van der Waals surface area contributed by atoms with E-state index in [1.165, 1.54) is 0 Å². The molecule has 2 atom stereocenters. The predicted molar refractivity (Wildman–Crippen MR) is 29.3 cm³/mol. The maximum atomic E-state index is 12.1. The van der Waals surface area contributed by atoms with Crippen molar-refractivity contribution in [2.24, 2.45) is 0 Å². The maximum absolute atomic E-state index is 12.1. The second kappa shape index (κ2) is 1.90. The molecule has 8 heavy (non-hydrogen) atoms. The van der Waals surface area contributed by atoms with Crippen LogP contribution >= 0.6 is 0 Å². The predicted octanol–water partition coefficient (Wildman–Crippen LogP) is 0.561. The first-order chi connectivity index (χ1) is 3.70. The quantitative estimate of drug-likeness (QED) is 0.454. The van der Waals surface area contributed by atoms with Gasteiger partial charge < -0.3 is 5.11 Å². The molecule has 0 saturated carbocycles. The van der Waals surface area contributed by atoms with Crippen LogP contribution < -0.4 is 0 Å². The maximum Gasteiger partial charge on any atom is 0.0931 e. The molecule has 0 spiro atoms. The molecule has 42 valence electrons. The van der Waals surface area contributed by atoms with Crippen molar-refractivity contribution >= 4 is 7.85 Å². The van der Waals surface area contributed by atoms with Crippen LogP contribution in [-0.2, 0) is 0 Å². The average Bonchev–Trinajstić information content (AvgIpc) is 1.85. The number of aliphatic hydroxyl groups excluding tert-OH is 1. The van der Waals surface area contributed by atoms with Gasteiger partial charge in [-0.15, -0.1) is 0 Å². The van der Waals surface area contributed by atoms with Gasteiger partial charge in [-0.05, 0) is 18.3 Å². The van der Waals surface area contributed by atoms with E-state index in [2.05, 4.69) is 0 Å². The summed E-state index contributed by atoms with van der Waals surface area (Å²) >= 11 is 0. The van der Waals surface area contributed by atoms with Crippen molar-refractivity contribution in [2.75, 3.05) is 0 Å². The highest BCUT2D eigenvalue weighted by Gasteiger charge is 2.19. The standard InChI is InChI=1S/C5H6BFO/c6-4-1-3(8)2-5(4)7/h2-4,8H,1H2. The monoisotopic (exact) mass is 112 g/mol. The van der Waals surface area contributed by atoms with E-state index in [1.807, 2.05) is 0 Å². The highest BCUT2D eigenvalue weighted by molar-refractivity contribution is 6.13. The summed E-state index contributed by atoms with van der Waals surface area (Å²) in [6.07, 6.45) is 0.807. The molecule has 3 heteroatoms. The number of allylic oxidation sites excluding steroid dienone is 1.